The SMILES string of the molecule is CC#CC(C)CN(I)C(=O)O. The van der Waals surface area contributed by atoms with Crippen LogP contribution in [0, 0.1) is 17.8 Å². The van der Waals surface area contributed by atoms with Gasteiger partial charge in [-0.15, -0.1) is 5.92 Å². The first-order valence-corrected chi connectivity index (χ1v) is 4.13. The summed E-state index contributed by atoms with van der Waals surface area (Å²) in [6, 6.07) is 0. The van der Waals surface area contributed by atoms with Gasteiger partial charge in [0, 0.05) is 12.5 Å². The van der Waals surface area contributed by atoms with Gasteiger partial charge in [0.25, 0.3) is 0 Å². The van der Waals surface area contributed by atoms with Crippen LogP contribution in [-0.4, -0.2) is 20.9 Å². The van der Waals surface area contributed by atoms with E-state index in [2.05, 4.69) is 11.8 Å². The Kier molecular flexibility index (Phi) is 5.03. The molecule has 0 fully saturated rings. The molecule has 0 aliphatic rings. The van der Waals surface area contributed by atoms with Crippen LogP contribution >= 0.6 is 22.9 Å². The highest BCUT2D eigenvalue weighted by Crippen LogP contribution is 2.04. The normalized spacial score (nSPS) is 11.2. The number of hydrogen-bond acceptors (Lipinski definition) is 1. The summed E-state index contributed by atoms with van der Waals surface area (Å²) >= 11 is 1.75. The molecule has 1 unspecified atom stereocenters. The van der Waals surface area contributed by atoms with Gasteiger partial charge in [-0.2, -0.15) is 0 Å². The van der Waals surface area contributed by atoms with E-state index >= 15 is 0 Å². The van der Waals surface area contributed by atoms with Gasteiger partial charge < -0.3 is 5.11 Å². The molecule has 0 bridgehead atoms. The second kappa shape index (κ2) is 5.24. The van der Waals surface area contributed by atoms with Gasteiger partial charge in [-0.25, -0.2) is 7.91 Å². The molecule has 62 valence electrons. The quantitative estimate of drug-likeness (QED) is 0.472. The van der Waals surface area contributed by atoms with Gasteiger partial charge in [-0.05, 0) is 13.8 Å². The van der Waals surface area contributed by atoms with Crippen molar-refractivity contribution in [1.29, 1.82) is 0 Å². The zero-order valence-corrected chi connectivity index (χ0v) is 8.62. The maximum absolute atomic E-state index is 10.3. The van der Waals surface area contributed by atoms with E-state index in [0.717, 1.165) is 0 Å². The molecule has 0 saturated carbocycles. The molecule has 1 atom stereocenters. The third kappa shape index (κ3) is 4.90. The Balaban J connectivity index is 3.81. The van der Waals surface area contributed by atoms with E-state index in [1.807, 2.05) is 6.92 Å². The summed E-state index contributed by atoms with van der Waals surface area (Å²) < 4.78 is 1.20. The summed E-state index contributed by atoms with van der Waals surface area (Å²) in [7, 11) is 0. The van der Waals surface area contributed by atoms with Crippen molar-refractivity contribution in [3.63, 3.8) is 0 Å². The number of rotatable bonds is 2. The lowest BCUT2D eigenvalue weighted by molar-refractivity contribution is 0.178. The minimum absolute atomic E-state index is 0.105. The van der Waals surface area contributed by atoms with Crippen LogP contribution in [0.1, 0.15) is 13.8 Å². The third-order valence-electron chi connectivity index (χ3n) is 1.03. The molecule has 3 nitrogen and oxygen atoms in total. The minimum Gasteiger partial charge on any atom is -0.464 e. The molecule has 0 saturated heterocycles. The van der Waals surface area contributed by atoms with Crippen LogP contribution < -0.4 is 0 Å². The van der Waals surface area contributed by atoms with Crippen LogP contribution in [0.15, 0.2) is 0 Å². The summed E-state index contributed by atoms with van der Waals surface area (Å²) in [5.74, 6) is 5.71. The molecule has 0 aliphatic carbocycles. The van der Waals surface area contributed by atoms with Crippen molar-refractivity contribution >= 4 is 29.0 Å². The highest BCUT2D eigenvalue weighted by atomic mass is 127. The number of nitrogens with zero attached hydrogens (tertiary/aromatic N) is 1. The van der Waals surface area contributed by atoms with Crippen LogP contribution in [0.2, 0.25) is 0 Å². The van der Waals surface area contributed by atoms with Crippen molar-refractivity contribution in [2.24, 2.45) is 5.92 Å². The molecule has 0 aliphatic heterocycles. The van der Waals surface area contributed by atoms with Crippen molar-refractivity contribution in [3.05, 3.63) is 0 Å². The fraction of sp³-hybridized carbons (Fsp3) is 0.571. The molecular weight excluding hydrogens is 257 g/mol. The molecule has 0 radical (unpaired) electrons. The molecule has 0 aromatic heterocycles. The van der Waals surface area contributed by atoms with Crippen molar-refractivity contribution < 1.29 is 9.90 Å². The first-order chi connectivity index (χ1) is 5.07. The Morgan fingerprint density at radius 1 is 1.82 bits per heavy atom. The molecule has 11 heavy (non-hydrogen) atoms. The summed E-state index contributed by atoms with van der Waals surface area (Å²) in [5, 5.41) is 8.47. The Hall–Kier alpha value is -0.440. The molecular formula is C7H10INO2. The predicted molar refractivity (Wildman–Crippen MR) is 51.4 cm³/mol. The lowest BCUT2D eigenvalue weighted by Gasteiger charge is -2.11. The van der Waals surface area contributed by atoms with E-state index in [1.54, 1.807) is 29.8 Å². The Morgan fingerprint density at radius 3 is 2.73 bits per heavy atom. The van der Waals surface area contributed by atoms with E-state index in [9.17, 15) is 4.79 Å². The second-order valence-corrected chi connectivity index (χ2v) is 3.29. The average Bonchev–Trinajstić information content (AvgIpc) is 1.87. The Labute approximate surface area is 80.3 Å². The van der Waals surface area contributed by atoms with Crippen LogP contribution in [0.4, 0.5) is 4.79 Å². The molecule has 1 N–H and O–H groups in total. The number of carbonyl (C=O) groups is 1. The minimum atomic E-state index is -0.921. The smallest absolute Gasteiger partial charge is 0.416 e. The van der Waals surface area contributed by atoms with Crippen molar-refractivity contribution in [1.82, 2.24) is 3.11 Å². The maximum Gasteiger partial charge on any atom is 0.416 e. The van der Waals surface area contributed by atoms with E-state index in [1.165, 1.54) is 3.11 Å². The molecule has 1 amide bonds. The third-order valence-corrected chi connectivity index (χ3v) is 1.84. The number of amides is 1. The molecule has 4 heteroatoms. The zero-order valence-electron chi connectivity index (χ0n) is 6.47. The van der Waals surface area contributed by atoms with Crippen molar-refractivity contribution in [2.75, 3.05) is 6.54 Å². The molecule has 0 aromatic carbocycles. The van der Waals surface area contributed by atoms with Crippen molar-refractivity contribution in [3.8, 4) is 11.8 Å². The summed E-state index contributed by atoms with van der Waals surface area (Å²) in [6.45, 7) is 4.09. The zero-order chi connectivity index (χ0) is 8.85. The van der Waals surface area contributed by atoms with Gasteiger partial charge in [0.05, 0.1) is 22.9 Å². The fourth-order valence-corrected chi connectivity index (χ4v) is 1.20. The highest BCUT2D eigenvalue weighted by Gasteiger charge is 2.09. The van der Waals surface area contributed by atoms with Gasteiger partial charge in [-0.1, -0.05) is 5.92 Å². The largest absolute Gasteiger partial charge is 0.464 e. The van der Waals surface area contributed by atoms with Crippen LogP contribution in [0.3, 0.4) is 0 Å². The lowest BCUT2D eigenvalue weighted by Crippen LogP contribution is -2.23. The van der Waals surface area contributed by atoms with Crippen LogP contribution in [-0.2, 0) is 0 Å². The summed E-state index contributed by atoms with van der Waals surface area (Å²) in [5.41, 5.74) is 0. The number of halogens is 1. The highest BCUT2D eigenvalue weighted by molar-refractivity contribution is 14.1. The summed E-state index contributed by atoms with van der Waals surface area (Å²) in [4.78, 5) is 10.3. The summed E-state index contributed by atoms with van der Waals surface area (Å²) in [6.07, 6.45) is -0.921. The van der Waals surface area contributed by atoms with E-state index in [-0.39, 0.29) is 5.92 Å². The first-order valence-electron chi connectivity index (χ1n) is 3.16. The van der Waals surface area contributed by atoms with E-state index < -0.39 is 6.09 Å². The van der Waals surface area contributed by atoms with Crippen molar-refractivity contribution in [2.45, 2.75) is 13.8 Å². The Morgan fingerprint density at radius 2 is 2.36 bits per heavy atom. The van der Waals surface area contributed by atoms with Gasteiger partial charge in [0.15, 0.2) is 0 Å². The maximum atomic E-state index is 10.3. The van der Waals surface area contributed by atoms with Crippen LogP contribution in [0.25, 0.3) is 0 Å². The lowest BCUT2D eigenvalue weighted by atomic mass is 10.2. The molecule has 0 rings (SSSR count). The second-order valence-electron chi connectivity index (χ2n) is 2.12. The number of carboxylic acid groups (broad SMARTS) is 1. The Bertz CT molecular complexity index is 194. The van der Waals surface area contributed by atoms with E-state index in [4.69, 9.17) is 5.11 Å². The molecule has 0 heterocycles. The average molecular weight is 267 g/mol. The van der Waals surface area contributed by atoms with Gasteiger partial charge in [0.2, 0.25) is 0 Å². The van der Waals surface area contributed by atoms with Gasteiger partial charge >= 0.3 is 6.09 Å². The number of hydrogen-bond donors (Lipinski definition) is 1. The standard InChI is InChI=1S/C7H10INO2/c1-3-4-6(2)5-9(8)7(10)11/h6H,5H2,1-2H3,(H,10,11). The first kappa shape index (κ1) is 10.6. The van der Waals surface area contributed by atoms with Gasteiger partial charge in [0.1, 0.15) is 0 Å². The molecule has 0 aromatic rings. The topological polar surface area (TPSA) is 40.5 Å². The van der Waals surface area contributed by atoms with Gasteiger partial charge in [-0.3, -0.25) is 0 Å². The molecule has 0 spiro atoms. The van der Waals surface area contributed by atoms with Crippen LogP contribution in [0.5, 0.6) is 0 Å². The van der Waals surface area contributed by atoms with E-state index in [0.29, 0.717) is 6.54 Å². The fourth-order valence-electron chi connectivity index (χ4n) is 0.611. The monoisotopic (exact) mass is 267 g/mol. The predicted octanol–water partition coefficient (Wildman–Crippen LogP) is 1.98.